The van der Waals surface area contributed by atoms with Crippen molar-refractivity contribution in [3.8, 4) is 0 Å². The Labute approximate surface area is 104 Å². The molecule has 1 rings (SSSR count). The number of nitrogens with two attached hydrogens (primary N) is 1. The molecule has 0 spiro atoms. The second kappa shape index (κ2) is 4.94. The molecule has 1 saturated heterocycles. The average molecular weight is 242 g/mol. The first-order valence-corrected chi connectivity index (χ1v) is 6.32. The van der Waals surface area contributed by atoms with Crippen molar-refractivity contribution in [1.29, 1.82) is 0 Å². The zero-order chi connectivity index (χ0) is 13.3. The van der Waals surface area contributed by atoms with Crippen LogP contribution in [0.4, 0.5) is 0 Å². The van der Waals surface area contributed by atoms with E-state index in [1.54, 1.807) is 0 Å². The van der Waals surface area contributed by atoms with Gasteiger partial charge in [-0.25, -0.2) is 0 Å². The zero-order valence-corrected chi connectivity index (χ0v) is 11.7. The summed E-state index contributed by atoms with van der Waals surface area (Å²) in [6, 6.07) is 0. The molecule has 1 aliphatic heterocycles. The van der Waals surface area contributed by atoms with Crippen LogP contribution in [0.25, 0.3) is 0 Å². The maximum atomic E-state index is 12.4. The fourth-order valence-corrected chi connectivity index (χ4v) is 1.89. The maximum absolute atomic E-state index is 12.4. The summed E-state index contributed by atoms with van der Waals surface area (Å²) in [6.07, 6.45) is 0. The molecule has 1 amide bonds. The highest BCUT2D eigenvalue weighted by atomic mass is 16.5. The van der Waals surface area contributed by atoms with Crippen LogP contribution >= 0.6 is 0 Å². The monoisotopic (exact) mass is 242 g/mol. The van der Waals surface area contributed by atoms with Crippen molar-refractivity contribution in [3.63, 3.8) is 0 Å². The number of nitrogens with zero attached hydrogens (tertiary/aromatic N) is 1. The van der Waals surface area contributed by atoms with Gasteiger partial charge in [-0.15, -0.1) is 0 Å². The summed E-state index contributed by atoms with van der Waals surface area (Å²) in [5, 5.41) is 0. The van der Waals surface area contributed by atoms with Crippen molar-refractivity contribution in [2.75, 3.05) is 26.2 Å². The van der Waals surface area contributed by atoms with Crippen molar-refractivity contribution < 1.29 is 9.53 Å². The lowest BCUT2D eigenvalue weighted by atomic mass is 9.81. The number of ether oxygens (including phenoxy) is 1. The summed E-state index contributed by atoms with van der Waals surface area (Å²) in [6.45, 7) is 12.6. The Bertz CT molecular complexity index is 286. The first kappa shape index (κ1) is 14.5. The summed E-state index contributed by atoms with van der Waals surface area (Å²) in [4.78, 5) is 14.3. The van der Waals surface area contributed by atoms with Crippen molar-refractivity contribution in [2.45, 2.75) is 40.2 Å². The first-order chi connectivity index (χ1) is 7.69. The van der Waals surface area contributed by atoms with Gasteiger partial charge in [-0.3, -0.25) is 4.79 Å². The van der Waals surface area contributed by atoms with Crippen LogP contribution in [-0.4, -0.2) is 42.6 Å². The molecule has 4 heteroatoms. The summed E-state index contributed by atoms with van der Waals surface area (Å²) in [5.41, 5.74) is 5.31. The van der Waals surface area contributed by atoms with E-state index in [4.69, 9.17) is 10.5 Å². The van der Waals surface area contributed by atoms with E-state index < -0.39 is 0 Å². The Kier molecular flexibility index (Phi) is 4.20. The second-order valence-electron chi connectivity index (χ2n) is 6.35. The lowest BCUT2D eigenvalue weighted by Gasteiger charge is -2.42. The van der Waals surface area contributed by atoms with Gasteiger partial charge in [-0.1, -0.05) is 27.7 Å². The Balaban J connectivity index is 2.70. The molecule has 0 bridgehead atoms. The molecule has 17 heavy (non-hydrogen) atoms. The van der Waals surface area contributed by atoms with Gasteiger partial charge in [-0.2, -0.15) is 0 Å². The van der Waals surface area contributed by atoms with Crippen LogP contribution in [0.3, 0.4) is 0 Å². The second-order valence-corrected chi connectivity index (χ2v) is 6.35. The molecular formula is C13H26N2O2. The third-order valence-electron chi connectivity index (χ3n) is 3.75. The number of morpholine rings is 1. The Morgan fingerprint density at radius 3 is 2.59 bits per heavy atom. The molecular weight excluding hydrogens is 216 g/mol. The number of carbonyl (C=O) groups excluding carboxylic acids is 1. The van der Waals surface area contributed by atoms with Crippen LogP contribution in [0.15, 0.2) is 0 Å². The van der Waals surface area contributed by atoms with E-state index in [1.807, 2.05) is 18.7 Å². The van der Waals surface area contributed by atoms with Crippen LogP contribution < -0.4 is 5.73 Å². The van der Waals surface area contributed by atoms with E-state index >= 15 is 0 Å². The molecule has 0 aromatic heterocycles. The summed E-state index contributed by atoms with van der Waals surface area (Å²) in [7, 11) is 0. The smallest absolute Gasteiger partial charge is 0.226 e. The first-order valence-electron chi connectivity index (χ1n) is 6.32. The molecule has 0 aromatic carbocycles. The van der Waals surface area contributed by atoms with Gasteiger partial charge < -0.3 is 15.4 Å². The van der Waals surface area contributed by atoms with Crippen LogP contribution in [-0.2, 0) is 9.53 Å². The minimum Gasteiger partial charge on any atom is -0.370 e. The normalized spacial score (nSPS) is 28.0. The summed E-state index contributed by atoms with van der Waals surface area (Å²) >= 11 is 0. The standard InChI is InChI=1S/C13H26N2O2/c1-10(12(2,3)4)11(16)15-6-7-17-13(5,8-14)9-15/h10H,6-9,14H2,1-5H3. The van der Waals surface area contributed by atoms with Gasteiger partial charge in [0.05, 0.1) is 18.8 Å². The SMILES string of the molecule is CC(C(=O)N1CCOC(C)(CN)C1)C(C)(C)C. The minimum atomic E-state index is -0.383. The minimum absolute atomic E-state index is 0.00545. The van der Waals surface area contributed by atoms with Crippen LogP contribution in [0, 0.1) is 11.3 Å². The van der Waals surface area contributed by atoms with Crippen molar-refractivity contribution >= 4 is 5.91 Å². The fraction of sp³-hybridized carbons (Fsp3) is 0.923. The highest BCUT2D eigenvalue weighted by Gasteiger charge is 2.37. The molecule has 4 nitrogen and oxygen atoms in total. The molecule has 1 heterocycles. The highest BCUT2D eigenvalue weighted by molar-refractivity contribution is 5.79. The number of rotatable bonds is 2. The van der Waals surface area contributed by atoms with E-state index in [9.17, 15) is 4.79 Å². The van der Waals surface area contributed by atoms with Crippen molar-refractivity contribution in [3.05, 3.63) is 0 Å². The van der Waals surface area contributed by atoms with E-state index in [1.165, 1.54) is 0 Å². The third kappa shape index (κ3) is 3.42. The topological polar surface area (TPSA) is 55.6 Å². The molecule has 1 aliphatic rings. The third-order valence-corrected chi connectivity index (χ3v) is 3.75. The maximum Gasteiger partial charge on any atom is 0.226 e. The lowest BCUT2D eigenvalue weighted by Crippen LogP contribution is -2.57. The van der Waals surface area contributed by atoms with Crippen LogP contribution in [0.5, 0.6) is 0 Å². The quantitative estimate of drug-likeness (QED) is 0.793. The van der Waals surface area contributed by atoms with Crippen molar-refractivity contribution in [1.82, 2.24) is 4.90 Å². The Hall–Kier alpha value is -0.610. The Morgan fingerprint density at radius 2 is 2.12 bits per heavy atom. The van der Waals surface area contributed by atoms with Crippen LogP contribution in [0.2, 0.25) is 0 Å². The van der Waals surface area contributed by atoms with Gasteiger partial charge in [-0.05, 0) is 12.3 Å². The van der Waals surface area contributed by atoms with Crippen molar-refractivity contribution in [2.24, 2.45) is 17.1 Å². The van der Waals surface area contributed by atoms with Gasteiger partial charge in [0.1, 0.15) is 0 Å². The Morgan fingerprint density at radius 1 is 1.53 bits per heavy atom. The summed E-state index contributed by atoms with van der Waals surface area (Å²) in [5.74, 6) is 0.225. The van der Waals surface area contributed by atoms with Gasteiger partial charge >= 0.3 is 0 Å². The van der Waals surface area contributed by atoms with Gasteiger partial charge in [0.15, 0.2) is 0 Å². The molecule has 2 N–H and O–H groups in total. The van der Waals surface area contributed by atoms with E-state index in [2.05, 4.69) is 20.8 Å². The van der Waals surface area contributed by atoms with E-state index in [0.717, 1.165) is 0 Å². The molecule has 0 aliphatic carbocycles. The zero-order valence-electron chi connectivity index (χ0n) is 11.7. The number of carbonyl (C=O) groups is 1. The molecule has 2 atom stereocenters. The van der Waals surface area contributed by atoms with E-state index in [0.29, 0.717) is 26.2 Å². The largest absolute Gasteiger partial charge is 0.370 e. The molecule has 2 unspecified atom stereocenters. The molecule has 100 valence electrons. The summed E-state index contributed by atoms with van der Waals surface area (Å²) < 4.78 is 5.64. The van der Waals surface area contributed by atoms with Gasteiger partial charge in [0.2, 0.25) is 5.91 Å². The number of hydrogen-bond acceptors (Lipinski definition) is 3. The van der Waals surface area contributed by atoms with Gasteiger partial charge in [0, 0.05) is 19.0 Å². The number of hydrogen-bond donors (Lipinski definition) is 1. The highest BCUT2D eigenvalue weighted by Crippen LogP contribution is 2.28. The van der Waals surface area contributed by atoms with E-state index in [-0.39, 0.29) is 22.8 Å². The predicted octanol–water partition coefficient (Wildman–Crippen LogP) is 1.24. The van der Waals surface area contributed by atoms with Crippen LogP contribution in [0.1, 0.15) is 34.6 Å². The number of amides is 1. The molecule has 0 radical (unpaired) electrons. The molecule has 0 aromatic rings. The average Bonchev–Trinajstić information content (AvgIpc) is 2.26. The fourth-order valence-electron chi connectivity index (χ4n) is 1.89. The van der Waals surface area contributed by atoms with Gasteiger partial charge in [0.25, 0.3) is 0 Å². The predicted molar refractivity (Wildman–Crippen MR) is 68.6 cm³/mol. The lowest BCUT2D eigenvalue weighted by molar-refractivity contribution is -0.153. The molecule has 1 fully saturated rings. The molecule has 0 saturated carbocycles.